The normalized spacial score (nSPS) is 13.4. The van der Waals surface area contributed by atoms with Crippen LogP contribution in [0.5, 0.6) is 0 Å². The van der Waals surface area contributed by atoms with Crippen LogP contribution in [0.25, 0.3) is 0 Å². The maximum Gasteiger partial charge on any atom is 0.0452 e. The molecule has 2 aromatic carbocycles. The summed E-state index contributed by atoms with van der Waals surface area (Å²) >= 11 is 0. The van der Waals surface area contributed by atoms with E-state index < -0.39 is 0 Å². The third-order valence-electron chi connectivity index (χ3n) is 4.06. The number of hydrogen-bond donors (Lipinski definition) is 0. The van der Waals surface area contributed by atoms with Gasteiger partial charge in [0.1, 0.15) is 0 Å². The number of aromatic nitrogens is 1. The van der Waals surface area contributed by atoms with E-state index in [1.54, 1.807) is 0 Å². The van der Waals surface area contributed by atoms with Crippen LogP contribution in [-0.4, -0.2) is 18.3 Å². The van der Waals surface area contributed by atoms with Gasteiger partial charge < -0.3 is 0 Å². The van der Waals surface area contributed by atoms with Gasteiger partial charge in [0.15, 0.2) is 0 Å². The molecular formula is C21H23NP2. The fourth-order valence-electron chi connectivity index (χ4n) is 2.74. The quantitative estimate of drug-likeness (QED) is 0.572. The van der Waals surface area contributed by atoms with Gasteiger partial charge in [-0.05, 0) is 36.1 Å². The molecule has 2 atom stereocenters. The molecule has 3 heteroatoms. The van der Waals surface area contributed by atoms with Gasteiger partial charge in [-0.3, -0.25) is 4.98 Å². The van der Waals surface area contributed by atoms with Crippen LogP contribution in [0, 0.1) is 0 Å². The second kappa shape index (κ2) is 8.52. The molecule has 2 unspecified atom stereocenters. The minimum atomic E-state index is -0.186. The average Bonchev–Trinajstić information content (AvgIpc) is 2.63. The van der Waals surface area contributed by atoms with E-state index in [9.17, 15) is 0 Å². The molecule has 0 fully saturated rings. The van der Waals surface area contributed by atoms with Gasteiger partial charge in [0.25, 0.3) is 0 Å². The summed E-state index contributed by atoms with van der Waals surface area (Å²) in [6.07, 6.45) is 2.11. The molecule has 0 aliphatic rings. The third-order valence-corrected chi connectivity index (χ3v) is 8.01. The van der Waals surface area contributed by atoms with Gasteiger partial charge in [-0.1, -0.05) is 82.6 Å². The Labute approximate surface area is 147 Å². The van der Waals surface area contributed by atoms with Crippen LogP contribution < -0.4 is 10.6 Å². The molecule has 0 aliphatic carbocycles. The summed E-state index contributed by atoms with van der Waals surface area (Å²) in [7, 11) is -0.371. The lowest BCUT2D eigenvalue weighted by Gasteiger charge is -2.15. The predicted octanol–water partition coefficient (Wildman–Crippen LogP) is 4.96. The first kappa shape index (κ1) is 17.3. The molecule has 0 saturated heterocycles. The Kier molecular flexibility index (Phi) is 6.13. The van der Waals surface area contributed by atoms with Crippen LogP contribution in [-0.2, 0) is 12.3 Å². The lowest BCUT2D eigenvalue weighted by molar-refractivity contribution is 1.08. The predicted molar refractivity (Wildman–Crippen MR) is 109 cm³/mol. The molecule has 0 aliphatic heterocycles. The number of pyridine rings is 1. The van der Waals surface area contributed by atoms with Crippen molar-refractivity contribution in [3.05, 3.63) is 90.3 Å². The highest BCUT2D eigenvalue weighted by Crippen LogP contribution is 2.36. The summed E-state index contributed by atoms with van der Waals surface area (Å²) < 4.78 is 0. The Balaban J connectivity index is 1.68. The van der Waals surface area contributed by atoms with E-state index in [4.69, 9.17) is 4.98 Å². The summed E-state index contributed by atoms with van der Waals surface area (Å²) in [6.45, 7) is 4.69. The number of benzene rings is 2. The minimum Gasteiger partial charge on any atom is -0.257 e. The molecule has 0 amide bonds. The maximum absolute atomic E-state index is 4.94. The van der Waals surface area contributed by atoms with Gasteiger partial charge in [0.2, 0.25) is 0 Å². The van der Waals surface area contributed by atoms with Crippen molar-refractivity contribution in [1.82, 2.24) is 4.98 Å². The molecule has 0 N–H and O–H groups in total. The summed E-state index contributed by atoms with van der Waals surface area (Å²) in [5, 5.41) is 2.89. The highest BCUT2D eigenvalue weighted by Gasteiger charge is 2.10. The second-order valence-electron chi connectivity index (χ2n) is 6.00. The van der Waals surface area contributed by atoms with Gasteiger partial charge >= 0.3 is 0 Å². The van der Waals surface area contributed by atoms with Crippen molar-refractivity contribution in [2.24, 2.45) is 0 Å². The molecule has 1 heterocycles. The van der Waals surface area contributed by atoms with Crippen molar-refractivity contribution < 1.29 is 0 Å². The largest absolute Gasteiger partial charge is 0.257 e. The first-order chi connectivity index (χ1) is 11.7. The van der Waals surface area contributed by atoms with E-state index in [2.05, 4.69) is 92.2 Å². The van der Waals surface area contributed by atoms with Gasteiger partial charge in [-0.25, -0.2) is 0 Å². The van der Waals surface area contributed by atoms with Crippen LogP contribution >= 0.6 is 15.8 Å². The van der Waals surface area contributed by atoms with E-state index in [0.717, 1.165) is 12.3 Å². The monoisotopic (exact) mass is 351 g/mol. The van der Waals surface area contributed by atoms with Crippen LogP contribution in [0.3, 0.4) is 0 Å². The molecule has 3 aromatic rings. The second-order valence-corrected chi connectivity index (χ2v) is 10.5. The number of rotatable bonds is 6. The number of hydrogen-bond acceptors (Lipinski definition) is 1. The molecule has 0 radical (unpaired) electrons. The van der Waals surface area contributed by atoms with Gasteiger partial charge in [0, 0.05) is 23.7 Å². The lowest BCUT2D eigenvalue weighted by atomic mass is 10.3. The van der Waals surface area contributed by atoms with E-state index in [1.807, 2.05) is 0 Å². The molecular weight excluding hydrogens is 328 g/mol. The molecule has 122 valence electrons. The SMILES string of the molecule is CP(Cc1cccc(CP(C)c2ccccc2)n1)c1ccccc1. The van der Waals surface area contributed by atoms with E-state index in [0.29, 0.717) is 0 Å². The zero-order chi connectivity index (χ0) is 16.8. The highest BCUT2D eigenvalue weighted by molar-refractivity contribution is 7.64. The van der Waals surface area contributed by atoms with Gasteiger partial charge in [0.05, 0.1) is 0 Å². The summed E-state index contributed by atoms with van der Waals surface area (Å²) in [4.78, 5) is 4.94. The topological polar surface area (TPSA) is 12.9 Å². The van der Waals surface area contributed by atoms with Crippen molar-refractivity contribution in [2.75, 3.05) is 13.3 Å². The highest BCUT2D eigenvalue weighted by atomic mass is 31.1. The Bertz CT molecular complexity index is 696. The summed E-state index contributed by atoms with van der Waals surface area (Å²) in [5.74, 6) is 0. The van der Waals surface area contributed by atoms with Crippen molar-refractivity contribution in [1.29, 1.82) is 0 Å². The van der Waals surface area contributed by atoms with Crippen molar-refractivity contribution in [3.8, 4) is 0 Å². The maximum atomic E-state index is 4.94. The molecule has 1 nitrogen and oxygen atoms in total. The van der Waals surface area contributed by atoms with Crippen molar-refractivity contribution >= 4 is 26.5 Å². The van der Waals surface area contributed by atoms with E-state index in [1.165, 1.54) is 22.0 Å². The van der Waals surface area contributed by atoms with Crippen LogP contribution in [0.15, 0.2) is 78.9 Å². The standard InChI is InChI=1S/C21H23NP2/c1-23(20-12-5-3-6-13-20)16-18-10-9-11-19(22-18)17-24(2)21-14-7-4-8-15-21/h3-15H,16-17H2,1-2H3. The smallest absolute Gasteiger partial charge is 0.0452 e. The molecule has 1 aromatic heterocycles. The van der Waals surface area contributed by atoms with Gasteiger partial charge in [-0.15, -0.1) is 0 Å². The van der Waals surface area contributed by atoms with E-state index in [-0.39, 0.29) is 15.8 Å². The number of nitrogens with zero attached hydrogens (tertiary/aromatic N) is 1. The molecule has 24 heavy (non-hydrogen) atoms. The van der Waals surface area contributed by atoms with Crippen LogP contribution in [0.4, 0.5) is 0 Å². The fraction of sp³-hybridized carbons (Fsp3) is 0.190. The van der Waals surface area contributed by atoms with Gasteiger partial charge in [-0.2, -0.15) is 0 Å². The molecule has 0 saturated carbocycles. The Morgan fingerprint density at radius 1 is 0.583 bits per heavy atom. The summed E-state index contributed by atoms with van der Waals surface area (Å²) in [6, 6.07) is 28.1. The zero-order valence-corrected chi connectivity index (χ0v) is 16.1. The first-order valence-electron chi connectivity index (χ1n) is 8.19. The molecule has 0 spiro atoms. The van der Waals surface area contributed by atoms with Crippen molar-refractivity contribution in [2.45, 2.75) is 12.3 Å². The Morgan fingerprint density at radius 3 is 1.42 bits per heavy atom. The van der Waals surface area contributed by atoms with E-state index >= 15 is 0 Å². The zero-order valence-electron chi connectivity index (χ0n) is 14.3. The Hall–Kier alpha value is -1.55. The fourth-order valence-corrected chi connectivity index (χ4v) is 5.79. The minimum absolute atomic E-state index is 0.186. The molecule has 3 rings (SSSR count). The Morgan fingerprint density at radius 2 is 1.00 bits per heavy atom. The summed E-state index contributed by atoms with van der Waals surface area (Å²) in [5.41, 5.74) is 2.45. The first-order valence-corrected chi connectivity index (χ1v) is 12.1. The average molecular weight is 351 g/mol. The lowest BCUT2D eigenvalue weighted by Crippen LogP contribution is -2.04. The van der Waals surface area contributed by atoms with Crippen LogP contribution in [0.2, 0.25) is 0 Å². The van der Waals surface area contributed by atoms with Crippen LogP contribution in [0.1, 0.15) is 11.4 Å². The van der Waals surface area contributed by atoms with Crippen molar-refractivity contribution in [3.63, 3.8) is 0 Å². The molecule has 0 bridgehead atoms. The third kappa shape index (κ3) is 4.73.